The van der Waals surface area contributed by atoms with E-state index in [2.05, 4.69) is 14.7 Å². The average molecular weight is 455 g/mol. The van der Waals surface area contributed by atoms with Crippen LogP contribution in [0.25, 0.3) is 11.3 Å². The molecule has 2 heterocycles. The summed E-state index contributed by atoms with van der Waals surface area (Å²) in [7, 11) is -2.14. The maximum atomic E-state index is 13.0. The fourth-order valence-corrected chi connectivity index (χ4v) is 4.76. The van der Waals surface area contributed by atoms with Crippen LogP contribution in [0.3, 0.4) is 0 Å². The van der Waals surface area contributed by atoms with E-state index < -0.39 is 10.2 Å². The molecule has 9 heteroatoms. The van der Waals surface area contributed by atoms with Gasteiger partial charge in [-0.05, 0) is 30.9 Å². The van der Waals surface area contributed by atoms with E-state index in [-0.39, 0.29) is 11.8 Å². The third kappa shape index (κ3) is 5.61. The predicted molar refractivity (Wildman–Crippen MR) is 123 cm³/mol. The molecule has 1 saturated heterocycles. The minimum atomic E-state index is -3.80. The lowest BCUT2D eigenvalue weighted by Crippen LogP contribution is -2.42. The summed E-state index contributed by atoms with van der Waals surface area (Å²) < 4.78 is 41.0. The van der Waals surface area contributed by atoms with Crippen LogP contribution in [0.2, 0.25) is 0 Å². The fourth-order valence-electron chi connectivity index (χ4n) is 3.62. The van der Waals surface area contributed by atoms with Crippen molar-refractivity contribution < 1.29 is 17.9 Å². The summed E-state index contributed by atoms with van der Waals surface area (Å²) in [5.74, 6) is 1.19. The van der Waals surface area contributed by atoms with Crippen LogP contribution in [0.4, 0.5) is 5.95 Å². The average Bonchev–Trinajstić information content (AvgIpc) is 2.80. The molecule has 1 aromatic heterocycles. The van der Waals surface area contributed by atoms with Crippen molar-refractivity contribution in [2.45, 2.75) is 12.8 Å². The number of aromatic nitrogens is 2. The number of para-hydroxylation sites is 1. The van der Waals surface area contributed by atoms with Gasteiger partial charge in [0.15, 0.2) is 0 Å². The molecule has 32 heavy (non-hydrogen) atoms. The van der Waals surface area contributed by atoms with E-state index >= 15 is 0 Å². The van der Waals surface area contributed by atoms with E-state index in [1.165, 1.54) is 4.31 Å². The second kappa shape index (κ2) is 10.1. The van der Waals surface area contributed by atoms with Gasteiger partial charge in [0.2, 0.25) is 11.8 Å². The third-order valence-corrected chi connectivity index (χ3v) is 6.76. The molecule has 0 unspecified atom stereocenters. The molecule has 1 N–H and O–H groups in total. The Kier molecular flexibility index (Phi) is 6.99. The molecule has 2 aromatic carbocycles. The normalized spacial score (nSPS) is 15.4. The molecule has 0 spiro atoms. The number of ether oxygens (including phenoxy) is 2. The molecule has 4 rings (SSSR count). The zero-order valence-corrected chi connectivity index (χ0v) is 18.7. The summed E-state index contributed by atoms with van der Waals surface area (Å²) >= 11 is 0. The quantitative estimate of drug-likeness (QED) is 0.554. The lowest BCUT2D eigenvalue weighted by molar-refractivity contribution is 0.121. The standard InChI is InChI=1S/C23H26N4O4S/c1-30-17-18-12-14-27(15-13-18)32(28,29)26-23-24-21(19-8-4-2-5-9-19)16-22(25-23)31-20-10-6-3-7-11-20/h2-11,16,18H,12-15,17H2,1H3,(H,24,25,26). The van der Waals surface area contributed by atoms with E-state index in [4.69, 9.17) is 9.47 Å². The number of nitrogens with one attached hydrogen (secondary N) is 1. The number of methoxy groups -OCH3 is 1. The largest absolute Gasteiger partial charge is 0.439 e. The number of rotatable bonds is 8. The van der Waals surface area contributed by atoms with E-state index in [0.29, 0.717) is 37.1 Å². The smallest absolute Gasteiger partial charge is 0.303 e. The number of anilines is 1. The van der Waals surface area contributed by atoms with Crippen molar-refractivity contribution in [2.75, 3.05) is 31.5 Å². The zero-order chi connectivity index (χ0) is 22.4. The molecule has 0 aliphatic carbocycles. The number of nitrogens with zero attached hydrogens (tertiary/aromatic N) is 3. The summed E-state index contributed by atoms with van der Waals surface area (Å²) in [5, 5.41) is 0. The van der Waals surface area contributed by atoms with Crippen LogP contribution >= 0.6 is 0 Å². The van der Waals surface area contributed by atoms with Gasteiger partial charge in [0, 0.05) is 38.4 Å². The predicted octanol–water partition coefficient (Wildman–Crippen LogP) is 3.95. The van der Waals surface area contributed by atoms with Crippen LogP contribution in [-0.2, 0) is 14.9 Å². The van der Waals surface area contributed by atoms with E-state index in [0.717, 1.165) is 18.4 Å². The summed E-state index contributed by atoms with van der Waals surface area (Å²) in [4.78, 5) is 8.75. The van der Waals surface area contributed by atoms with Crippen LogP contribution in [0.5, 0.6) is 11.6 Å². The number of hydrogen-bond donors (Lipinski definition) is 1. The summed E-state index contributed by atoms with van der Waals surface area (Å²) in [5.41, 5.74) is 1.39. The molecule has 0 saturated carbocycles. The molecule has 1 fully saturated rings. The maximum absolute atomic E-state index is 13.0. The van der Waals surface area contributed by atoms with E-state index in [1.807, 2.05) is 48.5 Å². The van der Waals surface area contributed by atoms with E-state index in [9.17, 15) is 8.42 Å². The molecular weight excluding hydrogens is 428 g/mol. The van der Waals surface area contributed by atoms with Crippen molar-refractivity contribution in [2.24, 2.45) is 5.92 Å². The van der Waals surface area contributed by atoms with Gasteiger partial charge in [-0.15, -0.1) is 0 Å². The Bertz CT molecular complexity index is 1120. The van der Waals surface area contributed by atoms with Gasteiger partial charge in [-0.25, -0.2) is 9.71 Å². The molecule has 0 amide bonds. The van der Waals surface area contributed by atoms with Crippen molar-refractivity contribution in [3.05, 3.63) is 66.7 Å². The zero-order valence-electron chi connectivity index (χ0n) is 17.8. The maximum Gasteiger partial charge on any atom is 0.303 e. The number of piperidine rings is 1. The van der Waals surface area contributed by atoms with Crippen molar-refractivity contribution in [3.8, 4) is 22.9 Å². The highest BCUT2D eigenvalue weighted by Crippen LogP contribution is 2.27. The fraction of sp³-hybridized carbons (Fsp3) is 0.304. The van der Waals surface area contributed by atoms with Crippen LogP contribution in [0.1, 0.15) is 12.8 Å². The van der Waals surface area contributed by atoms with Crippen molar-refractivity contribution >= 4 is 16.2 Å². The first-order valence-electron chi connectivity index (χ1n) is 10.5. The Hall–Kier alpha value is -3.01. The Morgan fingerprint density at radius 3 is 2.31 bits per heavy atom. The number of hydrogen-bond acceptors (Lipinski definition) is 6. The first-order valence-corrected chi connectivity index (χ1v) is 11.9. The minimum absolute atomic E-state index is 0.0312. The highest BCUT2D eigenvalue weighted by molar-refractivity contribution is 7.90. The summed E-state index contributed by atoms with van der Waals surface area (Å²) in [6.07, 6.45) is 1.50. The van der Waals surface area contributed by atoms with Gasteiger partial charge in [0.05, 0.1) is 5.69 Å². The van der Waals surface area contributed by atoms with Gasteiger partial charge in [-0.1, -0.05) is 48.5 Å². The molecule has 1 aliphatic rings. The van der Waals surface area contributed by atoms with E-state index in [1.54, 1.807) is 25.3 Å². The molecule has 168 valence electrons. The Balaban J connectivity index is 1.59. The van der Waals surface area contributed by atoms with Crippen molar-refractivity contribution in [1.29, 1.82) is 0 Å². The Labute approximate surface area is 188 Å². The van der Waals surface area contributed by atoms with Crippen LogP contribution < -0.4 is 9.46 Å². The highest BCUT2D eigenvalue weighted by Gasteiger charge is 2.29. The molecule has 0 atom stereocenters. The lowest BCUT2D eigenvalue weighted by atomic mass is 9.99. The first kappa shape index (κ1) is 22.2. The van der Waals surface area contributed by atoms with Gasteiger partial charge >= 0.3 is 10.2 Å². The molecular formula is C23H26N4O4S. The SMILES string of the molecule is COCC1CCN(S(=O)(=O)Nc2nc(Oc3ccccc3)cc(-c3ccccc3)n2)CC1. The Morgan fingerprint density at radius 2 is 1.66 bits per heavy atom. The van der Waals surface area contributed by atoms with Crippen molar-refractivity contribution in [1.82, 2.24) is 14.3 Å². The van der Waals surface area contributed by atoms with Gasteiger partial charge < -0.3 is 9.47 Å². The van der Waals surface area contributed by atoms with Gasteiger partial charge in [0.1, 0.15) is 5.75 Å². The molecule has 1 aliphatic heterocycles. The van der Waals surface area contributed by atoms with Crippen LogP contribution in [0, 0.1) is 5.92 Å². The lowest BCUT2D eigenvalue weighted by Gasteiger charge is -2.30. The summed E-state index contributed by atoms with van der Waals surface area (Å²) in [6, 6.07) is 20.4. The monoisotopic (exact) mass is 454 g/mol. The molecule has 0 radical (unpaired) electrons. The van der Waals surface area contributed by atoms with Crippen LogP contribution in [0.15, 0.2) is 66.7 Å². The molecule has 0 bridgehead atoms. The first-order chi connectivity index (χ1) is 15.5. The van der Waals surface area contributed by atoms with Crippen molar-refractivity contribution in [3.63, 3.8) is 0 Å². The third-order valence-electron chi connectivity index (χ3n) is 5.27. The van der Waals surface area contributed by atoms with Crippen LogP contribution in [-0.4, -0.2) is 49.5 Å². The minimum Gasteiger partial charge on any atom is -0.439 e. The highest BCUT2D eigenvalue weighted by atomic mass is 32.2. The van der Waals surface area contributed by atoms with Gasteiger partial charge in [-0.3, -0.25) is 0 Å². The number of benzene rings is 2. The summed E-state index contributed by atoms with van der Waals surface area (Å²) in [6.45, 7) is 1.49. The van der Waals surface area contributed by atoms with Gasteiger partial charge in [0.25, 0.3) is 0 Å². The van der Waals surface area contributed by atoms with Gasteiger partial charge in [-0.2, -0.15) is 17.7 Å². The molecule has 8 nitrogen and oxygen atoms in total. The Morgan fingerprint density at radius 1 is 1.00 bits per heavy atom. The second-order valence-electron chi connectivity index (χ2n) is 7.60. The second-order valence-corrected chi connectivity index (χ2v) is 9.27. The molecule has 3 aromatic rings. The topological polar surface area (TPSA) is 93.7 Å².